The lowest BCUT2D eigenvalue weighted by atomic mass is 9.99. The third kappa shape index (κ3) is 5.01. The second-order valence-corrected chi connectivity index (χ2v) is 5.86. The summed E-state index contributed by atoms with van der Waals surface area (Å²) in [7, 11) is 1.31. The Morgan fingerprint density at radius 2 is 1.64 bits per heavy atom. The van der Waals surface area contributed by atoms with Crippen molar-refractivity contribution in [2.24, 2.45) is 0 Å². The molecule has 130 valence electrons. The lowest BCUT2D eigenvalue weighted by Gasteiger charge is -2.08. The van der Waals surface area contributed by atoms with E-state index in [9.17, 15) is 14.4 Å². The molecule has 0 radical (unpaired) electrons. The van der Waals surface area contributed by atoms with Crippen LogP contribution in [-0.2, 0) is 9.53 Å². The zero-order valence-corrected chi connectivity index (χ0v) is 14.6. The van der Waals surface area contributed by atoms with Crippen LogP contribution in [0.3, 0.4) is 0 Å². The van der Waals surface area contributed by atoms with Crippen LogP contribution in [0.15, 0.2) is 42.5 Å². The quantitative estimate of drug-likeness (QED) is 0.643. The van der Waals surface area contributed by atoms with Crippen LogP contribution in [0.5, 0.6) is 0 Å². The van der Waals surface area contributed by atoms with E-state index in [-0.39, 0.29) is 24.5 Å². The number of carbonyl (C=O) groups is 3. The number of esters is 1. The van der Waals surface area contributed by atoms with E-state index >= 15 is 0 Å². The molecule has 0 aliphatic rings. The van der Waals surface area contributed by atoms with E-state index in [0.29, 0.717) is 16.8 Å². The molecule has 0 atom stereocenters. The summed E-state index contributed by atoms with van der Waals surface area (Å²) in [6.07, 6.45) is 0.251. The molecule has 0 saturated heterocycles. The predicted octanol–water partition coefficient (Wildman–Crippen LogP) is 3.69. The van der Waals surface area contributed by atoms with Crippen molar-refractivity contribution >= 4 is 23.3 Å². The number of nitrogens with one attached hydrogen (secondary N) is 1. The van der Waals surface area contributed by atoms with Gasteiger partial charge in [0, 0.05) is 24.1 Å². The standard InChI is InChI=1S/C20H21NO4/c1-13-4-9-17(14(2)12-13)18(22)10-11-19(23)21-16-7-5-15(6-8-16)20(24)25-3/h4-9,12H,10-11H2,1-3H3,(H,21,23). The topological polar surface area (TPSA) is 72.5 Å². The molecule has 1 N–H and O–H groups in total. The predicted molar refractivity (Wildman–Crippen MR) is 95.9 cm³/mol. The summed E-state index contributed by atoms with van der Waals surface area (Å²) < 4.78 is 4.62. The SMILES string of the molecule is COC(=O)c1ccc(NC(=O)CCC(=O)c2ccc(C)cc2C)cc1. The second-order valence-electron chi connectivity index (χ2n) is 5.86. The number of aryl methyl sites for hydroxylation is 2. The number of ketones is 1. The Balaban J connectivity index is 1.90. The number of hydrogen-bond acceptors (Lipinski definition) is 4. The minimum absolute atomic E-state index is 0.0475. The number of Topliss-reactive ketones (excluding diaryl/α,β-unsaturated/α-hetero) is 1. The number of benzene rings is 2. The van der Waals surface area contributed by atoms with Gasteiger partial charge in [-0.25, -0.2) is 4.79 Å². The summed E-state index contributed by atoms with van der Waals surface area (Å²) in [5.41, 5.74) is 3.65. The molecule has 2 rings (SSSR count). The van der Waals surface area contributed by atoms with Gasteiger partial charge in [0.1, 0.15) is 0 Å². The van der Waals surface area contributed by atoms with Crippen molar-refractivity contribution in [3.05, 3.63) is 64.7 Å². The third-order valence-corrected chi connectivity index (χ3v) is 3.85. The van der Waals surface area contributed by atoms with Gasteiger partial charge in [-0.15, -0.1) is 0 Å². The van der Waals surface area contributed by atoms with Gasteiger partial charge in [-0.3, -0.25) is 9.59 Å². The molecule has 5 heteroatoms. The molecule has 0 saturated carbocycles. The van der Waals surface area contributed by atoms with Crippen LogP contribution < -0.4 is 5.32 Å². The molecule has 5 nitrogen and oxygen atoms in total. The molecular formula is C20H21NO4. The van der Waals surface area contributed by atoms with Gasteiger partial charge in [-0.05, 0) is 43.7 Å². The average molecular weight is 339 g/mol. The number of carbonyl (C=O) groups excluding carboxylic acids is 3. The third-order valence-electron chi connectivity index (χ3n) is 3.85. The number of anilines is 1. The summed E-state index contributed by atoms with van der Waals surface area (Å²) in [6, 6.07) is 12.0. The molecule has 1 amide bonds. The highest BCUT2D eigenvalue weighted by Crippen LogP contribution is 2.15. The molecule has 2 aromatic rings. The van der Waals surface area contributed by atoms with Crippen molar-refractivity contribution in [1.82, 2.24) is 0 Å². The number of rotatable bonds is 6. The normalized spacial score (nSPS) is 10.2. The van der Waals surface area contributed by atoms with Crippen molar-refractivity contribution in [2.75, 3.05) is 12.4 Å². The van der Waals surface area contributed by atoms with E-state index in [1.54, 1.807) is 30.3 Å². The zero-order chi connectivity index (χ0) is 18.4. The molecule has 0 aliphatic heterocycles. The molecule has 0 aliphatic carbocycles. The van der Waals surface area contributed by atoms with Gasteiger partial charge >= 0.3 is 5.97 Å². The highest BCUT2D eigenvalue weighted by atomic mass is 16.5. The molecule has 0 fully saturated rings. The summed E-state index contributed by atoms with van der Waals surface area (Å²) in [5, 5.41) is 2.71. The first kappa shape index (κ1) is 18.4. The highest BCUT2D eigenvalue weighted by molar-refractivity contribution is 6.01. The molecule has 0 spiro atoms. The van der Waals surface area contributed by atoms with Gasteiger partial charge in [-0.1, -0.05) is 23.8 Å². The largest absolute Gasteiger partial charge is 0.465 e. The van der Waals surface area contributed by atoms with Gasteiger partial charge in [0.2, 0.25) is 5.91 Å². The van der Waals surface area contributed by atoms with Crippen LogP contribution in [0, 0.1) is 13.8 Å². The molecule has 25 heavy (non-hydrogen) atoms. The molecule has 2 aromatic carbocycles. The van der Waals surface area contributed by atoms with Gasteiger partial charge < -0.3 is 10.1 Å². The second kappa shape index (κ2) is 8.24. The number of methoxy groups -OCH3 is 1. The highest BCUT2D eigenvalue weighted by Gasteiger charge is 2.12. The smallest absolute Gasteiger partial charge is 0.337 e. The molecule has 0 unspecified atom stereocenters. The Morgan fingerprint density at radius 3 is 2.24 bits per heavy atom. The Morgan fingerprint density at radius 1 is 0.960 bits per heavy atom. The molecule has 0 bridgehead atoms. The number of ether oxygens (including phenoxy) is 1. The van der Waals surface area contributed by atoms with Crippen LogP contribution >= 0.6 is 0 Å². The van der Waals surface area contributed by atoms with E-state index < -0.39 is 5.97 Å². The van der Waals surface area contributed by atoms with Gasteiger partial charge in [0.15, 0.2) is 5.78 Å². The van der Waals surface area contributed by atoms with E-state index in [2.05, 4.69) is 10.1 Å². The van der Waals surface area contributed by atoms with Crippen LogP contribution in [0.1, 0.15) is 44.7 Å². The molecule has 0 heterocycles. The van der Waals surface area contributed by atoms with E-state index in [1.165, 1.54) is 7.11 Å². The summed E-state index contributed by atoms with van der Waals surface area (Å²) in [6.45, 7) is 3.86. The Bertz CT molecular complexity index is 794. The Labute approximate surface area is 147 Å². The fourth-order valence-electron chi connectivity index (χ4n) is 2.52. The first-order valence-electron chi connectivity index (χ1n) is 7.99. The molecular weight excluding hydrogens is 318 g/mol. The number of amides is 1. The van der Waals surface area contributed by atoms with Crippen molar-refractivity contribution in [3.8, 4) is 0 Å². The monoisotopic (exact) mass is 339 g/mol. The number of hydrogen-bond donors (Lipinski definition) is 1. The van der Waals surface area contributed by atoms with E-state index in [1.807, 2.05) is 26.0 Å². The van der Waals surface area contributed by atoms with Crippen LogP contribution in [0.2, 0.25) is 0 Å². The van der Waals surface area contributed by atoms with Gasteiger partial charge in [0.25, 0.3) is 0 Å². The maximum Gasteiger partial charge on any atom is 0.337 e. The average Bonchev–Trinajstić information content (AvgIpc) is 2.59. The maximum atomic E-state index is 12.3. The minimum atomic E-state index is -0.433. The zero-order valence-electron chi connectivity index (χ0n) is 14.6. The summed E-state index contributed by atoms with van der Waals surface area (Å²) in [4.78, 5) is 35.6. The van der Waals surface area contributed by atoms with E-state index in [0.717, 1.165) is 11.1 Å². The Hall–Kier alpha value is -2.95. The van der Waals surface area contributed by atoms with Crippen LogP contribution in [0.4, 0.5) is 5.69 Å². The summed E-state index contributed by atoms with van der Waals surface area (Å²) in [5.74, 6) is -0.727. The fourth-order valence-corrected chi connectivity index (χ4v) is 2.52. The summed E-state index contributed by atoms with van der Waals surface area (Å²) >= 11 is 0. The van der Waals surface area contributed by atoms with Crippen molar-refractivity contribution in [3.63, 3.8) is 0 Å². The van der Waals surface area contributed by atoms with Crippen molar-refractivity contribution < 1.29 is 19.1 Å². The molecule has 0 aromatic heterocycles. The Kier molecular flexibility index (Phi) is 6.06. The lowest BCUT2D eigenvalue weighted by molar-refractivity contribution is -0.116. The fraction of sp³-hybridized carbons (Fsp3) is 0.250. The van der Waals surface area contributed by atoms with Gasteiger partial charge in [0.05, 0.1) is 12.7 Å². The first-order chi connectivity index (χ1) is 11.9. The van der Waals surface area contributed by atoms with Crippen LogP contribution in [-0.4, -0.2) is 24.8 Å². The van der Waals surface area contributed by atoms with Crippen molar-refractivity contribution in [2.45, 2.75) is 26.7 Å². The minimum Gasteiger partial charge on any atom is -0.465 e. The van der Waals surface area contributed by atoms with Gasteiger partial charge in [-0.2, -0.15) is 0 Å². The lowest BCUT2D eigenvalue weighted by Crippen LogP contribution is -2.14. The van der Waals surface area contributed by atoms with Crippen molar-refractivity contribution in [1.29, 1.82) is 0 Å². The first-order valence-corrected chi connectivity index (χ1v) is 7.99. The van der Waals surface area contributed by atoms with Crippen LogP contribution in [0.25, 0.3) is 0 Å². The maximum absolute atomic E-state index is 12.3. The van der Waals surface area contributed by atoms with E-state index in [4.69, 9.17) is 0 Å².